The molecular formula is C35H30Cl2N6O9S2Y-2. The Morgan fingerprint density at radius 2 is 1.87 bits per heavy atom. The number of halogens is 2. The van der Waals surface area contributed by atoms with Crippen LogP contribution >= 0.6 is 46.3 Å². The predicted molar refractivity (Wildman–Crippen MR) is 202 cm³/mol. The third kappa shape index (κ3) is 9.52. The molecule has 0 saturated carbocycles. The zero-order chi connectivity index (χ0) is 38.7. The molecular weight excluding hydrogens is 872 g/mol. The third-order valence-corrected chi connectivity index (χ3v) is 11.0. The van der Waals surface area contributed by atoms with Crippen molar-refractivity contribution in [2.24, 2.45) is 0 Å². The molecule has 0 spiro atoms. The minimum Gasteiger partial charge on any atom is -0.477 e. The Kier molecular flexibility index (Phi) is 14.0. The van der Waals surface area contributed by atoms with Crippen molar-refractivity contribution in [2.45, 2.75) is 23.9 Å². The molecule has 55 heavy (non-hydrogen) atoms. The molecule has 6 rings (SSSR count). The first kappa shape index (κ1) is 42.2. The summed E-state index contributed by atoms with van der Waals surface area (Å²) in [5, 5.41) is 17.2. The Bertz CT molecular complexity index is 2240. The van der Waals surface area contributed by atoms with E-state index >= 15 is 0 Å². The minimum absolute atomic E-state index is 0. The van der Waals surface area contributed by atoms with E-state index in [1.165, 1.54) is 47.4 Å². The molecule has 4 N–H and O–H groups in total. The van der Waals surface area contributed by atoms with Gasteiger partial charge in [-0.3, -0.25) is 19.3 Å². The van der Waals surface area contributed by atoms with E-state index in [0.29, 0.717) is 10.5 Å². The Balaban J connectivity index is 0.00000580. The van der Waals surface area contributed by atoms with Crippen molar-refractivity contribution in [2.75, 3.05) is 25.4 Å². The molecule has 1 fully saturated rings. The van der Waals surface area contributed by atoms with Crippen LogP contribution in [0.3, 0.4) is 0 Å². The van der Waals surface area contributed by atoms with Gasteiger partial charge in [-0.05, 0) is 47.8 Å². The molecule has 4 amide bonds. The van der Waals surface area contributed by atoms with Gasteiger partial charge in [-0.15, -0.1) is 29.6 Å². The van der Waals surface area contributed by atoms with Crippen LogP contribution in [0, 0.1) is 13.8 Å². The van der Waals surface area contributed by atoms with Gasteiger partial charge in [0, 0.05) is 65.5 Å². The first-order valence-electron chi connectivity index (χ1n) is 16.1. The summed E-state index contributed by atoms with van der Waals surface area (Å²) in [7, 11) is 0. The average Bonchev–Trinajstić information content (AvgIpc) is 3.65. The standard InChI is InChI=1S/C35H30Cl2N6O9S2.Y/c1-3-42(35(50)52-25-9-7-20(37)12-23(25)29-39-24-8-6-19(36)11-22(24)30(45)41-29)17(2)14-38-34(49)51-15-18-16-54-32-27(31(46)43(32)28(18)33(47)48)40-26(44)13-21-5-4-10-53-21;/h4-12,17,27,32H,1-3,13-16H2,(H,38,49)(H,40,44)(H,47,48)(H,39,41,45);/q-2;. The molecule has 20 heteroatoms. The van der Waals surface area contributed by atoms with Gasteiger partial charge in [-0.1, -0.05) is 35.3 Å². The fourth-order valence-electron chi connectivity index (χ4n) is 5.70. The van der Waals surface area contributed by atoms with Gasteiger partial charge in [-0.2, -0.15) is 0 Å². The summed E-state index contributed by atoms with van der Waals surface area (Å²) in [5.41, 5.74) is -0.0286. The number of carboxylic acids is 1. The molecule has 0 aliphatic carbocycles. The SMILES string of the molecule is [CH2-]CN(C(=O)Oc1ccc(Cl)cc1-c1nc2ccc(Cl)cc2c(=O)[nH]1)C([CH2-])CNC(=O)OCC1=C(C(=O)O)N2C(=O)C(NC(=O)Cc3cccs3)C2SC1.[Y]. The number of hydrogen-bond acceptors (Lipinski definition) is 11. The summed E-state index contributed by atoms with van der Waals surface area (Å²) in [6, 6.07) is 10.8. The van der Waals surface area contributed by atoms with Gasteiger partial charge in [0.25, 0.3) is 11.5 Å². The zero-order valence-corrected chi connectivity index (χ0v) is 34.6. The van der Waals surface area contributed by atoms with Gasteiger partial charge in [0.05, 0.1) is 22.9 Å². The second-order valence-corrected chi connectivity index (χ2v) is 14.9. The summed E-state index contributed by atoms with van der Waals surface area (Å²) < 4.78 is 10.9. The topological polar surface area (TPSA) is 200 Å². The minimum atomic E-state index is -1.38. The van der Waals surface area contributed by atoms with Gasteiger partial charge in [-0.25, -0.2) is 19.4 Å². The second kappa shape index (κ2) is 18.3. The number of carbonyl (C=O) groups excluding carboxylic acids is 4. The number of aliphatic carboxylic acids is 1. The van der Waals surface area contributed by atoms with E-state index in [0.717, 1.165) is 14.7 Å². The molecule has 0 bridgehead atoms. The summed E-state index contributed by atoms with van der Waals surface area (Å²) in [6.45, 7) is 6.91. The maximum atomic E-state index is 13.3. The smallest absolute Gasteiger partial charge is 0.410 e. The van der Waals surface area contributed by atoms with Crippen molar-refractivity contribution < 1.29 is 71.3 Å². The first-order chi connectivity index (χ1) is 25.8. The summed E-state index contributed by atoms with van der Waals surface area (Å²) in [6.07, 6.45) is -1.72. The molecule has 15 nitrogen and oxygen atoms in total. The van der Waals surface area contributed by atoms with Crippen molar-refractivity contribution in [3.8, 4) is 17.1 Å². The van der Waals surface area contributed by atoms with Gasteiger partial charge in [0.15, 0.2) is 0 Å². The van der Waals surface area contributed by atoms with Crippen LogP contribution in [0.15, 0.2) is 70.0 Å². The van der Waals surface area contributed by atoms with Crippen LogP contribution in [-0.2, 0) is 58.3 Å². The first-order valence-corrected chi connectivity index (χ1v) is 18.8. The molecule has 2 aliphatic rings. The molecule has 1 saturated heterocycles. The van der Waals surface area contributed by atoms with Crippen molar-refractivity contribution in [3.05, 3.63) is 104 Å². The number of carbonyl (C=O) groups is 5. The molecule has 285 valence electrons. The summed E-state index contributed by atoms with van der Waals surface area (Å²) >= 11 is 14.9. The number of fused-ring (bicyclic) bond motifs is 2. The van der Waals surface area contributed by atoms with Crippen LogP contribution in [0.4, 0.5) is 9.59 Å². The number of ether oxygens (including phenoxy) is 2. The Morgan fingerprint density at radius 3 is 2.58 bits per heavy atom. The molecule has 4 aromatic rings. The monoisotopic (exact) mass is 901 g/mol. The summed E-state index contributed by atoms with van der Waals surface area (Å²) in [4.78, 5) is 86.6. The number of benzene rings is 2. The molecule has 4 heterocycles. The number of alkyl carbamates (subject to hydrolysis) is 1. The number of thioether (sulfide) groups is 1. The second-order valence-electron chi connectivity index (χ2n) is 11.9. The predicted octanol–water partition coefficient (Wildman–Crippen LogP) is 4.50. The maximum absolute atomic E-state index is 13.3. The number of aromatic amines is 1. The number of thiophene rings is 1. The number of nitrogens with zero attached hydrogens (tertiary/aromatic N) is 3. The number of nitrogens with one attached hydrogen (secondary N) is 3. The van der Waals surface area contributed by atoms with E-state index in [4.69, 9.17) is 32.7 Å². The number of aromatic nitrogens is 2. The normalized spacial score (nSPS) is 16.7. The molecule has 3 unspecified atom stereocenters. The molecule has 1 radical (unpaired) electrons. The fourth-order valence-corrected chi connectivity index (χ4v) is 8.07. The van der Waals surface area contributed by atoms with Crippen LogP contribution in [-0.4, -0.2) is 97.8 Å². The van der Waals surface area contributed by atoms with E-state index in [1.807, 2.05) is 11.4 Å². The number of H-pyrrole nitrogens is 1. The third-order valence-electron chi connectivity index (χ3n) is 8.32. The number of β-lactam (4-membered cyclic amide) rings is 1. The molecule has 2 aromatic heterocycles. The van der Waals surface area contributed by atoms with Gasteiger partial charge < -0.3 is 48.9 Å². The van der Waals surface area contributed by atoms with Crippen molar-refractivity contribution >= 4 is 87.2 Å². The molecule has 3 atom stereocenters. The molecule has 2 aromatic carbocycles. The van der Waals surface area contributed by atoms with E-state index < -0.39 is 53.7 Å². The van der Waals surface area contributed by atoms with Gasteiger partial charge in [0.2, 0.25) is 5.91 Å². The van der Waals surface area contributed by atoms with Gasteiger partial charge in [0.1, 0.15) is 35.3 Å². The zero-order valence-electron chi connectivity index (χ0n) is 28.6. The van der Waals surface area contributed by atoms with E-state index in [-0.39, 0.29) is 103 Å². The fraction of sp³-hybridized carbons (Fsp3) is 0.229. The van der Waals surface area contributed by atoms with E-state index in [9.17, 15) is 33.9 Å². The quantitative estimate of drug-likeness (QED) is 0.115. The largest absolute Gasteiger partial charge is 0.477 e. The number of hydrogen-bond donors (Lipinski definition) is 4. The van der Waals surface area contributed by atoms with Crippen LogP contribution in [0.25, 0.3) is 22.3 Å². The maximum Gasteiger partial charge on any atom is 0.410 e. The van der Waals surface area contributed by atoms with Crippen LogP contribution in [0.2, 0.25) is 10.0 Å². The molecule has 2 aliphatic heterocycles. The van der Waals surface area contributed by atoms with Crippen LogP contribution < -0.4 is 20.9 Å². The van der Waals surface area contributed by atoms with E-state index in [2.05, 4.69) is 34.4 Å². The number of carboxylic acid groups (broad SMARTS) is 1. The van der Waals surface area contributed by atoms with E-state index in [1.54, 1.807) is 18.2 Å². The number of rotatable bonds is 12. The van der Waals surface area contributed by atoms with Crippen molar-refractivity contribution in [1.82, 2.24) is 30.4 Å². The average molecular weight is 903 g/mol. The van der Waals surface area contributed by atoms with Crippen LogP contribution in [0.1, 0.15) is 4.88 Å². The Labute approximate surface area is 357 Å². The van der Waals surface area contributed by atoms with Crippen molar-refractivity contribution in [3.63, 3.8) is 0 Å². The Hall–Kier alpha value is -4.00. The van der Waals surface area contributed by atoms with Gasteiger partial charge >= 0.3 is 18.2 Å². The van der Waals surface area contributed by atoms with Crippen LogP contribution in [0.5, 0.6) is 5.75 Å². The van der Waals surface area contributed by atoms with Crippen molar-refractivity contribution in [1.29, 1.82) is 0 Å². The Morgan fingerprint density at radius 1 is 1.13 bits per heavy atom. The number of amides is 4. The summed E-state index contributed by atoms with van der Waals surface area (Å²) in [5.74, 6) is -2.08.